The summed E-state index contributed by atoms with van der Waals surface area (Å²) >= 11 is 7.21. The van der Waals surface area contributed by atoms with Gasteiger partial charge in [-0.3, -0.25) is 0 Å². The second-order valence-electron chi connectivity index (χ2n) is 4.38. The Morgan fingerprint density at radius 3 is 2.56 bits per heavy atom. The SMILES string of the molecule is Cc1ccc(CNc2cccc(C)c2Br)c(Br)c1. The van der Waals surface area contributed by atoms with Crippen molar-refractivity contribution in [2.45, 2.75) is 20.4 Å². The van der Waals surface area contributed by atoms with Gasteiger partial charge in [-0.15, -0.1) is 0 Å². The molecule has 2 aromatic rings. The van der Waals surface area contributed by atoms with E-state index in [0.717, 1.165) is 21.2 Å². The van der Waals surface area contributed by atoms with Crippen LogP contribution in [0.15, 0.2) is 45.3 Å². The van der Waals surface area contributed by atoms with Gasteiger partial charge < -0.3 is 5.32 Å². The molecule has 18 heavy (non-hydrogen) atoms. The Kier molecular flexibility index (Phi) is 4.46. The van der Waals surface area contributed by atoms with Gasteiger partial charge in [0.1, 0.15) is 0 Å². The topological polar surface area (TPSA) is 12.0 Å². The van der Waals surface area contributed by atoms with Crippen LogP contribution in [0.25, 0.3) is 0 Å². The highest BCUT2D eigenvalue weighted by Crippen LogP contribution is 2.27. The van der Waals surface area contributed by atoms with E-state index < -0.39 is 0 Å². The molecule has 2 rings (SSSR count). The van der Waals surface area contributed by atoms with Crippen LogP contribution in [-0.2, 0) is 6.54 Å². The Labute approximate surface area is 125 Å². The van der Waals surface area contributed by atoms with Crippen molar-refractivity contribution in [3.8, 4) is 0 Å². The maximum absolute atomic E-state index is 3.61. The zero-order chi connectivity index (χ0) is 13.1. The normalized spacial score (nSPS) is 10.4. The zero-order valence-corrected chi connectivity index (χ0v) is 13.6. The minimum Gasteiger partial charge on any atom is -0.380 e. The van der Waals surface area contributed by atoms with Crippen LogP contribution in [0.4, 0.5) is 5.69 Å². The first kappa shape index (κ1) is 13.6. The molecule has 0 aliphatic rings. The molecular formula is C15H15Br2N. The Bertz CT molecular complexity index is 564. The van der Waals surface area contributed by atoms with E-state index in [4.69, 9.17) is 0 Å². The highest BCUT2D eigenvalue weighted by Gasteiger charge is 2.04. The van der Waals surface area contributed by atoms with Crippen LogP contribution >= 0.6 is 31.9 Å². The van der Waals surface area contributed by atoms with Crippen LogP contribution in [0, 0.1) is 13.8 Å². The molecule has 0 amide bonds. The lowest BCUT2D eigenvalue weighted by molar-refractivity contribution is 1.13. The summed E-state index contributed by atoms with van der Waals surface area (Å²) in [6, 6.07) is 12.7. The first-order valence-corrected chi connectivity index (χ1v) is 7.40. The molecule has 3 heteroatoms. The number of halogens is 2. The highest BCUT2D eigenvalue weighted by atomic mass is 79.9. The van der Waals surface area contributed by atoms with Crippen molar-refractivity contribution in [2.24, 2.45) is 0 Å². The minimum absolute atomic E-state index is 0.808. The lowest BCUT2D eigenvalue weighted by Gasteiger charge is -2.11. The van der Waals surface area contributed by atoms with E-state index in [1.807, 2.05) is 0 Å². The van der Waals surface area contributed by atoms with Crippen LogP contribution in [0.3, 0.4) is 0 Å². The molecule has 0 spiro atoms. The van der Waals surface area contributed by atoms with Gasteiger partial charge in [-0.1, -0.05) is 40.2 Å². The fourth-order valence-electron chi connectivity index (χ4n) is 1.77. The van der Waals surface area contributed by atoms with E-state index in [9.17, 15) is 0 Å². The highest BCUT2D eigenvalue weighted by molar-refractivity contribution is 9.11. The van der Waals surface area contributed by atoms with E-state index in [1.165, 1.54) is 16.7 Å². The average Bonchev–Trinajstić information content (AvgIpc) is 2.33. The quantitative estimate of drug-likeness (QED) is 0.760. The summed E-state index contributed by atoms with van der Waals surface area (Å²) in [6.07, 6.45) is 0. The Morgan fingerprint density at radius 1 is 1.06 bits per heavy atom. The van der Waals surface area contributed by atoms with Crippen LogP contribution < -0.4 is 5.32 Å². The molecule has 0 saturated heterocycles. The Hall–Kier alpha value is -0.800. The molecule has 1 N–H and O–H groups in total. The third-order valence-electron chi connectivity index (χ3n) is 2.87. The second kappa shape index (κ2) is 5.89. The summed E-state index contributed by atoms with van der Waals surface area (Å²) in [6.45, 7) is 5.00. The second-order valence-corrected chi connectivity index (χ2v) is 6.03. The number of anilines is 1. The van der Waals surface area contributed by atoms with Crippen LogP contribution in [0.1, 0.15) is 16.7 Å². The van der Waals surface area contributed by atoms with Crippen molar-refractivity contribution in [2.75, 3.05) is 5.32 Å². The smallest absolute Gasteiger partial charge is 0.0490 e. The molecule has 0 bridgehead atoms. The molecule has 0 atom stereocenters. The fraction of sp³-hybridized carbons (Fsp3) is 0.200. The van der Waals surface area contributed by atoms with Crippen LogP contribution in [-0.4, -0.2) is 0 Å². The van der Waals surface area contributed by atoms with Gasteiger partial charge in [-0.05, 0) is 58.6 Å². The van der Waals surface area contributed by atoms with Gasteiger partial charge in [-0.2, -0.15) is 0 Å². The van der Waals surface area contributed by atoms with E-state index in [-0.39, 0.29) is 0 Å². The van der Waals surface area contributed by atoms with Gasteiger partial charge in [0, 0.05) is 21.2 Å². The maximum atomic E-state index is 3.61. The molecule has 0 aromatic heterocycles. The summed E-state index contributed by atoms with van der Waals surface area (Å²) in [7, 11) is 0. The molecule has 0 radical (unpaired) electrons. The van der Waals surface area contributed by atoms with Gasteiger partial charge in [0.25, 0.3) is 0 Å². The largest absolute Gasteiger partial charge is 0.380 e. The van der Waals surface area contributed by atoms with Gasteiger partial charge in [0.05, 0.1) is 0 Å². The summed E-state index contributed by atoms with van der Waals surface area (Å²) in [5.74, 6) is 0. The number of hydrogen-bond acceptors (Lipinski definition) is 1. The Balaban J connectivity index is 2.14. The fourth-order valence-corrected chi connectivity index (χ4v) is 2.81. The molecule has 0 heterocycles. The molecule has 0 unspecified atom stereocenters. The third kappa shape index (κ3) is 3.15. The predicted molar refractivity (Wildman–Crippen MR) is 85.1 cm³/mol. The Morgan fingerprint density at radius 2 is 1.83 bits per heavy atom. The molecule has 0 aliphatic heterocycles. The average molecular weight is 369 g/mol. The molecule has 1 nitrogen and oxygen atoms in total. The number of nitrogens with one attached hydrogen (secondary N) is 1. The minimum atomic E-state index is 0.808. The van der Waals surface area contributed by atoms with Crippen molar-refractivity contribution >= 4 is 37.5 Å². The lowest BCUT2D eigenvalue weighted by Crippen LogP contribution is -2.01. The van der Waals surface area contributed by atoms with Crippen molar-refractivity contribution in [1.29, 1.82) is 0 Å². The molecule has 2 aromatic carbocycles. The van der Waals surface area contributed by atoms with Crippen molar-refractivity contribution < 1.29 is 0 Å². The number of benzene rings is 2. The summed E-state index contributed by atoms with van der Waals surface area (Å²) < 4.78 is 2.28. The van der Waals surface area contributed by atoms with Gasteiger partial charge in [0.2, 0.25) is 0 Å². The van der Waals surface area contributed by atoms with Gasteiger partial charge in [0.15, 0.2) is 0 Å². The molecule has 0 fully saturated rings. The van der Waals surface area contributed by atoms with Crippen molar-refractivity contribution in [3.63, 3.8) is 0 Å². The van der Waals surface area contributed by atoms with E-state index in [1.54, 1.807) is 0 Å². The van der Waals surface area contributed by atoms with Crippen LogP contribution in [0.5, 0.6) is 0 Å². The molecule has 94 valence electrons. The van der Waals surface area contributed by atoms with E-state index in [2.05, 4.69) is 87.4 Å². The van der Waals surface area contributed by atoms with Crippen LogP contribution in [0.2, 0.25) is 0 Å². The predicted octanol–water partition coefficient (Wildman–Crippen LogP) is 5.44. The zero-order valence-electron chi connectivity index (χ0n) is 10.4. The first-order chi connectivity index (χ1) is 8.58. The van der Waals surface area contributed by atoms with E-state index >= 15 is 0 Å². The van der Waals surface area contributed by atoms with Crippen molar-refractivity contribution in [1.82, 2.24) is 0 Å². The maximum Gasteiger partial charge on any atom is 0.0490 e. The van der Waals surface area contributed by atoms with Gasteiger partial charge in [-0.25, -0.2) is 0 Å². The van der Waals surface area contributed by atoms with Gasteiger partial charge >= 0.3 is 0 Å². The third-order valence-corrected chi connectivity index (χ3v) is 4.66. The molecule has 0 aliphatic carbocycles. The first-order valence-electron chi connectivity index (χ1n) is 5.82. The summed E-state index contributed by atoms with van der Waals surface area (Å²) in [5, 5.41) is 3.45. The number of hydrogen-bond donors (Lipinski definition) is 1. The molecular weight excluding hydrogens is 354 g/mol. The summed E-state index contributed by atoms with van der Waals surface area (Å²) in [4.78, 5) is 0. The van der Waals surface area contributed by atoms with E-state index in [0.29, 0.717) is 0 Å². The monoisotopic (exact) mass is 367 g/mol. The van der Waals surface area contributed by atoms with Crippen molar-refractivity contribution in [3.05, 3.63) is 62.0 Å². The standard InChI is InChI=1S/C15H15Br2N/c1-10-6-7-12(13(16)8-10)9-18-14-5-3-4-11(2)15(14)17/h3-8,18H,9H2,1-2H3. The number of rotatable bonds is 3. The molecule has 0 saturated carbocycles. The summed E-state index contributed by atoms with van der Waals surface area (Å²) in [5.41, 5.74) is 4.89. The lowest BCUT2D eigenvalue weighted by atomic mass is 10.1. The number of aryl methyl sites for hydroxylation is 2.